The smallest absolute Gasteiger partial charge is 0.338 e. The van der Waals surface area contributed by atoms with Gasteiger partial charge in [-0.3, -0.25) is 0 Å². The Labute approximate surface area is 161 Å². The Morgan fingerprint density at radius 2 is 1.32 bits per heavy atom. The molecule has 2 aromatic carbocycles. The van der Waals surface area contributed by atoms with Gasteiger partial charge in [0.2, 0.25) is 0 Å². The Balaban J connectivity index is 1.79. The standard InChI is InChI=1S/C21H20O7/c22-12-15-11-16(27-20(25)13-7-3-1-4-8-13)18(24)19(17(15)23)28-21(26)14-9-5-2-6-10-14/h1-11,16-19,22-24H,12H2/t16-,17-,18+,19+/m1/s1. The van der Waals surface area contributed by atoms with Crippen LogP contribution in [0.3, 0.4) is 0 Å². The maximum absolute atomic E-state index is 12.3. The van der Waals surface area contributed by atoms with Crippen molar-refractivity contribution in [2.45, 2.75) is 24.4 Å². The third kappa shape index (κ3) is 4.28. The van der Waals surface area contributed by atoms with Gasteiger partial charge in [0.15, 0.2) is 12.2 Å². The second-order valence-corrected chi connectivity index (χ2v) is 6.31. The van der Waals surface area contributed by atoms with Crippen LogP contribution in [-0.2, 0) is 9.47 Å². The van der Waals surface area contributed by atoms with E-state index in [2.05, 4.69) is 0 Å². The molecule has 4 atom stereocenters. The zero-order valence-electron chi connectivity index (χ0n) is 14.8. The van der Waals surface area contributed by atoms with Crippen molar-refractivity contribution in [1.82, 2.24) is 0 Å². The molecular weight excluding hydrogens is 364 g/mol. The Morgan fingerprint density at radius 1 is 0.821 bits per heavy atom. The second kappa shape index (κ2) is 8.79. The van der Waals surface area contributed by atoms with Gasteiger partial charge in [0, 0.05) is 0 Å². The van der Waals surface area contributed by atoms with Gasteiger partial charge in [-0.1, -0.05) is 36.4 Å². The molecule has 0 amide bonds. The van der Waals surface area contributed by atoms with E-state index in [0.29, 0.717) is 0 Å². The fourth-order valence-electron chi connectivity index (χ4n) is 2.91. The Hall–Kier alpha value is -3.00. The zero-order chi connectivity index (χ0) is 20.1. The maximum atomic E-state index is 12.3. The molecule has 0 saturated heterocycles. The first-order chi connectivity index (χ1) is 13.5. The highest BCUT2D eigenvalue weighted by Crippen LogP contribution is 2.26. The van der Waals surface area contributed by atoms with E-state index in [4.69, 9.17) is 9.47 Å². The first-order valence-corrected chi connectivity index (χ1v) is 8.71. The molecule has 0 fully saturated rings. The number of benzene rings is 2. The van der Waals surface area contributed by atoms with Crippen molar-refractivity contribution in [2.75, 3.05) is 6.61 Å². The van der Waals surface area contributed by atoms with Crippen LogP contribution >= 0.6 is 0 Å². The Morgan fingerprint density at radius 3 is 1.82 bits per heavy atom. The van der Waals surface area contributed by atoms with Crippen LogP contribution in [0.25, 0.3) is 0 Å². The van der Waals surface area contributed by atoms with Crippen LogP contribution in [0.15, 0.2) is 72.3 Å². The number of carbonyl (C=O) groups is 2. The average Bonchev–Trinajstić information content (AvgIpc) is 2.74. The first-order valence-electron chi connectivity index (χ1n) is 8.71. The minimum atomic E-state index is -1.51. The molecule has 0 aromatic heterocycles. The summed E-state index contributed by atoms with van der Waals surface area (Å²) in [5.74, 6) is -1.45. The third-order valence-electron chi connectivity index (χ3n) is 4.43. The molecule has 0 spiro atoms. The number of rotatable bonds is 5. The Kier molecular flexibility index (Phi) is 6.20. The highest BCUT2D eigenvalue weighted by molar-refractivity contribution is 5.90. The molecule has 0 radical (unpaired) electrons. The summed E-state index contributed by atoms with van der Waals surface area (Å²) in [5, 5.41) is 30.4. The summed E-state index contributed by atoms with van der Waals surface area (Å²) >= 11 is 0. The van der Waals surface area contributed by atoms with E-state index in [-0.39, 0.29) is 16.7 Å². The molecule has 146 valence electrons. The fraction of sp³-hybridized carbons (Fsp3) is 0.238. The lowest BCUT2D eigenvalue weighted by molar-refractivity contribution is -0.106. The van der Waals surface area contributed by atoms with Crippen molar-refractivity contribution in [3.8, 4) is 0 Å². The molecule has 0 unspecified atom stereocenters. The summed E-state index contributed by atoms with van der Waals surface area (Å²) in [6, 6.07) is 16.2. The van der Waals surface area contributed by atoms with Crippen LogP contribution in [-0.4, -0.2) is 58.3 Å². The van der Waals surface area contributed by atoms with Crippen LogP contribution in [0.2, 0.25) is 0 Å². The normalized spacial score (nSPS) is 24.2. The van der Waals surface area contributed by atoms with Gasteiger partial charge in [-0.05, 0) is 35.9 Å². The fourth-order valence-corrected chi connectivity index (χ4v) is 2.91. The monoisotopic (exact) mass is 384 g/mol. The summed E-state index contributed by atoms with van der Waals surface area (Å²) in [7, 11) is 0. The summed E-state index contributed by atoms with van der Waals surface area (Å²) in [4.78, 5) is 24.6. The third-order valence-corrected chi connectivity index (χ3v) is 4.43. The van der Waals surface area contributed by atoms with Gasteiger partial charge < -0.3 is 24.8 Å². The predicted molar refractivity (Wildman–Crippen MR) is 98.5 cm³/mol. The number of hydrogen-bond donors (Lipinski definition) is 3. The topological polar surface area (TPSA) is 113 Å². The lowest BCUT2D eigenvalue weighted by Gasteiger charge is -2.36. The molecule has 0 heterocycles. The molecule has 0 saturated carbocycles. The summed E-state index contributed by atoms with van der Waals surface area (Å²) in [6.45, 7) is -0.549. The van der Waals surface area contributed by atoms with Gasteiger partial charge in [0.25, 0.3) is 0 Å². The van der Waals surface area contributed by atoms with Gasteiger partial charge >= 0.3 is 11.9 Å². The van der Waals surface area contributed by atoms with Gasteiger partial charge in [0.1, 0.15) is 12.2 Å². The quantitative estimate of drug-likeness (QED) is 0.522. The van der Waals surface area contributed by atoms with Gasteiger partial charge in [-0.15, -0.1) is 0 Å². The van der Waals surface area contributed by atoms with Crippen LogP contribution in [0, 0.1) is 0 Å². The van der Waals surface area contributed by atoms with Crippen LogP contribution in [0.4, 0.5) is 0 Å². The van der Waals surface area contributed by atoms with E-state index in [1.807, 2.05) is 0 Å². The minimum absolute atomic E-state index is 0.0852. The van der Waals surface area contributed by atoms with E-state index in [0.717, 1.165) is 0 Å². The van der Waals surface area contributed by atoms with E-state index >= 15 is 0 Å². The van der Waals surface area contributed by atoms with Crippen molar-refractivity contribution < 1.29 is 34.4 Å². The summed E-state index contributed by atoms with van der Waals surface area (Å²) in [5.41, 5.74) is 0.597. The second-order valence-electron chi connectivity index (χ2n) is 6.31. The van der Waals surface area contributed by atoms with Crippen molar-refractivity contribution in [1.29, 1.82) is 0 Å². The van der Waals surface area contributed by atoms with E-state index < -0.39 is 43.0 Å². The lowest BCUT2D eigenvalue weighted by Crippen LogP contribution is -2.52. The number of carbonyl (C=O) groups excluding carboxylic acids is 2. The number of esters is 2. The van der Waals surface area contributed by atoms with Gasteiger partial charge in [-0.25, -0.2) is 9.59 Å². The number of hydrogen-bond acceptors (Lipinski definition) is 7. The van der Waals surface area contributed by atoms with Crippen LogP contribution < -0.4 is 0 Å². The highest BCUT2D eigenvalue weighted by Gasteiger charge is 2.43. The molecule has 3 rings (SSSR count). The van der Waals surface area contributed by atoms with Crippen molar-refractivity contribution >= 4 is 11.9 Å². The molecule has 3 N–H and O–H groups in total. The Bertz CT molecular complexity index is 848. The summed E-state index contributed by atoms with van der Waals surface area (Å²) in [6.07, 6.45) is -4.28. The molecule has 0 bridgehead atoms. The van der Waals surface area contributed by atoms with Gasteiger partial charge in [0.05, 0.1) is 17.7 Å². The molecule has 0 aliphatic heterocycles. The van der Waals surface area contributed by atoms with Crippen LogP contribution in [0.5, 0.6) is 0 Å². The molecule has 28 heavy (non-hydrogen) atoms. The van der Waals surface area contributed by atoms with E-state index in [9.17, 15) is 24.9 Å². The molecule has 1 aliphatic carbocycles. The molecule has 7 nitrogen and oxygen atoms in total. The van der Waals surface area contributed by atoms with Crippen molar-refractivity contribution in [3.63, 3.8) is 0 Å². The SMILES string of the molecule is O=C(O[C@@H]1[C@@H](O)[C@H](OC(=O)c2ccccc2)C=C(CO)[C@H]1O)c1ccccc1. The van der Waals surface area contributed by atoms with Crippen molar-refractivity contribution in [2.24, 2.45) is 0 Å². The largest absolute Gasteiger partial charge is 0.453 e. The lowest BCUT2D eigenvalue weighted by atomic mass is 9.89. The zero-order valence-corrected chi connectivity index (χ0v) is 14.8. The van der Waals surface area contributed by atoms with Gasteiger partial charge in [-0.2, -0.15) is 0 Å². The predicted octanol–water partition coefficient (Wildman–Crippen LogP) is 1.09. The first kappa shape index (κ1) is 19.8. The maximum Gasteiger partial charge on any atom is 0.338 e. The van der Waals surface area contributed by atoms with E-state index in [1.54, 1.807) is 48.5 Å². The molecular formula is C21H20O7. The average molecular weight is 384 g/mol. The highest BCUT2D eigenvalue weighted by atomic mass is 16.6. The molecule has 7 heteroatoms. The number of ether oxygens (including phenoxy) is 2. The molecule has 2 aromatic rings. The van der Waals surface area contributed by atoms with Crippen molar-refractivity contribution in [3.05, 3.63) is 83.4 Å². The van der Waals surface area contributed by atoms with Crippen LogP contribution in [0.1, 0.15) is 20.7 Å². The molecule has 1 aliphatic rings. The minimum Gasteiger partial charge on any atom is -0.453 e. The number of aliphatic hydroxyl groups is 3. The number of aliphatic hydroxyl groups excluding tert-OH is 3. The van der Waals surface area contributed by atoms with E-state index in [1.165, 1.54) is 18.2 Å². The summed E-state index contributed by atoms with van der Waals surface area (Å²) < 4.78 is 10.6.